The number of ether oxygens (including phenoxy) is 1. The Morgan fingerprint density at radius 1 is 1.07 bits per heavy atom. The van der Waals surface area contributed by atoms with Crippen molar-refractivity contribution in [3.05, 3.63) is 54.0 Å². The number of amides is 3. The van der Waals surface area contributed by atoms with E-state index in [1.54, 1.807) is 35.2 Å². The summed E-state index contributed by atoms with van der Waals surface area (Å²) >= 11 is 0. The molecule has 1 atom stereocenters. The predicted octanol–water partition coefficient (Wildman–Crippen LogP) is 1.90. The molecular weight excluding hydrogens is 362 g/mol. The molecule has 8 heteroatoms. The van der Waals surface area contributed by atoms with Crippen molar-refractivity contribution in [2.75, 3.05) is 31.6 Å². The number of carbonyl (C=O) groups excluding carboxylic acids is 3. The van der Waals surface area contributed by atoms with Gasteiger partial charge in [0.25, 0.3) is 11.8 Å². The molecule has 0 radical (unpaired) electrons. The Balaban J connectivity index is 1.71. The summed E-state index contributed by atoms with van der Waals surface area (Å²) < 4.78 is 10.3. The van der Waals surface area contributed by atoms with Crippen molar-refractivity contribution >= 4 is 23.4 Å². The fraction of sp³-hybridized carbons (Fsp3) is 0.350. The van der Waals surface area contributed by atoms with Gasteiger partial charge >= 0.3 is 0 Å². The van der Waals surface area contributed by atoms with Gasteiger partial charge < -0.3 is 24.7 Å². The molecule has 1 aromatic heterocycles. The van der Waals surface area contributed by atoms with E-state index in [0.717, 1.165) is 0 Å². The number of morpholine rings is 1. The standard InChI is InChI=1S/C20H23N3O5/c1-2-15(20(26)23-9-12-27-13-10-23)21-18(24)14-6-3-4-7-16(14)22-19(25)17-8-5-11-28-17/h3-8,11,15H,2,9-10,12-13H2,1H3,(H,21,24)(H,22,25). The number of nitrogens with zero attached hydrogens (tertiary/aromatic N) is 1. The number of nitrogens with one attached hydrogen (secondary N) is 2. The molecule has 2 aromatic rings. The number of hydrogen-bond donors (Lipinski definition) is 2. The molecule has 148 valence electrons. The van der Waals surface area contributed by atoms with Gasteiger partial charge in [0.15, 0.2) is 5.76 Å². The van der Waals surface area contributed by atoms with Crippen LogP contribution in [0.25, 0.3) is 0 Å². The van der Waals surface area contributed by atoms with Gasteiger partial charge in [0.1, 0.15) is 6.04 Å². The molecule has 1 aliphatic rings. The van der Waals surface area contributed by atoms with Crippen molar-refractivity contribution in [2.45, 2.75) is 19.4 Å². The highest BCUT2D eigenvalue weighted by Crippen LogP contribution is 2.17. The van der Waals surface area contributed by atoms with Crippen LogP contribution < -0.4 is 10.6 Å². The van der Waals surface area contributed by atoms with Crippen molar-refractivity contribution in [1.82, 2.24) is 10.2 Å². The van der Waals surface area contributed by atoms with E-state index in [-0.39, 0.29) is 17.2 Å². The molecule has 1 aliphatic heterocycles. The minimum absolute atomic E-state index is 0.128. The van der Waals surface area contributed by atoms with Crippen LogP contribution in [0.1, 0.15) is 34.3 Å². The maximum atomic E-state index is 12.8. The van der Waals surface area contributed by atoms with Crippen LogP contribution in [0.2, 0.25) is 0 Å². The third kappa shape index (κ3) is 4.58. The van der Waals surface area contributed by atoms with Gasteiger partial charge in [-0.1, -0.05) is 19.1 Å². The molecule has 2 heterocycles. The first-order valence-corrected chi connectivity index (χ1v) is 9.21. The second kappa shape index (κ2) is 9.18. The van der Waals surface area contributed by atoms with Gasteiger partial charge in [0.2, 0.25) is 5.91 Å². The number of hydrogen-bond acceptors (Lipinski definition) is 5. The lowest BCUT2D eigenvalue weighted by Gasteiger charge is -2.30. The first-order valence-electron chi connectivity index (χ1n) is 9.21. The largest absolute Gasteiger partial charge is 0.459 e. The van der Waals surface area contributed by atoms with Crippen LogP contribution in [-0.4, -0.2) is 55.0 Å². The van der Waals surface area contributed by atoms with Crippen LogP contribution in [0.4, 0.5) is 5.69 Å². The van der Waals surface area contributed by atoms with Gasteiger partial charge in [-0.25, -0.2) is 0 Å². The molecular formula is C20H23N3O5. The summed E-state index contributed by atoms with van der Waals surface area (Å²) in [6, 6.07) is 9.13. The fourth-order valence-corrected chi connectivity index (χ4v) is 2.96. The third-order valence-corrected chi connectivity index (χ3v) is 4.50. The van der Waals surface area contributed by atoms with Gasteiger partial charge in [0.05, 0.1) is 30.7 Å². The smallest absolute Gasteiger partial charge is 0.291 e. The Morgan fingerprint density at radius 2 is 1.82 bits per heavy atom. The van der Waals surface area contributed by atoms with Crippen molar-refractivity contribution in [3.63, 3.8) is 0 Å². The number of furan rings is 1. The average molecular weight is 385 g/mol. The molecule has 1 unspecified atom stereocenters. The van der Waals surface area contributed by atoms with Crippen LogP contribution in [0.15, 0.2) is 47.1 Å². The second-order valence-corrected chi connectivity index (χ2v) is 6.35. The molecule has 2 N–H and O–H groups in total. The minimum atomic E-state index is -0.639. The molecule has 0 bridgehead atoms. The van der Waals surface area contributed by atoms with Gasteiger partial charge in [-0.15, -0.1) is 0 Å². The van der Waals surface area contributed by atoms with Gasteiger partial charge in [-0.2, -0.15) is 0 Å². The Hall–Kier alpha value is -3.13. The van der Waals surface area contributed by atoms with Crippen LogP contribution in [0, 0.1) is 0 Å². The minimum Gasteiger partial charge on any atom is -0.459 e. The van der Waals surface area contributed by atoms with E-state index in [2.05, 4.69) is 10.6 Å². The lowest BCUT2D eigenvalue weighted by atomic mass is 10.1. The number of benzene rings is 1. The summed E-state index contributed by atoms with van der Waals surface area (Å²) in [5.41, 5.74) is 0.616. The zero-order chi connectivity index (χ0) is 19.9. The maximum Gasteiger partial charge on any atom is 0.291 e. The molecule has 1 fully saturated rings. The highest BCUT2D eigenvalue weighted by Gasteiger charge is 2.27. The molecule has 28 heavy (non-hydrogen) atoms. The molecule has 1 aromatic carbocycles. The van der Waals surface area contributed by atoms with Crippen molar-refractivity contribution in [1.29, 1.82) is 0 Å². The Kier molecular flexibility index (Phi) is 6.44. The monoisotopic (exact) mass is 385 g/mol. The van der Waals surface area contributed by atoms with E-state index in [1.165, 1.54) is 12.3 Å². The van der Waals surface area contributed by atoms with E-state index in [0.29, 0.717) is 38.4 Å². The average Bonchev–Trinajstić information content (AvgIpc) is 3.27. The van der Waals surface area contributed by atoms with Crippen molar-refractivity contribution in [2.24, 2.45) is 0 Å². The Labute approximate surface area is 162 Å². The van der Waals surface area contributed by atoms with E-state index in [9.17, 15) is 14.4 Å². The summed E-state index contributed by atoms with van der Waals surface area (Å²) in [5.74, 6) is -0.870. The quantitative estimate of drug-likeness (QED) is 0.791. The first-order chi connectivity index (χ1) is 13.6. The second-order valence-electron chi connectivity index (χ2n) is 6.35. The summed E-state index contributed by atoms with van der Waals surface area (Å²) in [7, 11) is 0. The topological polar surface area (TPSA) is 101 Å². The van der Waals surface area contributed by atoms with E-state index < -0.39 is 17.9 Å². The Bertz CT molecular complexity index is 828. The van der Waals surface area contributed by atoms with Crippen LogP contribution in [-0.2, 0) is 9.53 Å². The fourth-order valence-electron chi connectivity index (χ4n) is 2.96. The highest BCUT2D eigenvalue weighted by molar-refractivity contribution is 6.08. The molecule has 0 aliphatic carbocycles. The normalized spacial score (nSPS) is 15.0. The van der Waals surface area contributed by atoms with Crippen LogP contribution in [0.5, 0.6) is 0 Å². The third-order valence-electron chi connectivity index (χ3n) is 4.50. The molecule has 3 amide bonds. The van der Waals surface area contributed by atoms with E-state index in [1.807, 2.05) is 6.92 Å². The van der Waals surface area contributed by atoms with Gasteiger partial charge in [0, 0.05) is 13.1 Å². The van der Waals surface area contributed by atoms with Gasteiger partial charge in [-0.05, 0) is 30.7 Å². The number of rotatable bonds is 6. The zero-order valence-corrected chi connectivity index (χ0v) is 15.6. The van der Waals surface area contributed by atoms with E-state index in [4.69, 9.17) is 9.15 Å². The number of para-hydroxylation sites is 1. The zero-order valence-electron chi connectivity index (χ0n) is 15.6. The summed E-state index contributed by atoms with van der Waals surface area (Å²) in [6.45, 7) is 3.87. The SMILES string of the molecule is CCC(NC(=O)c1ccccc1NC(=O)c1ccco1)C(=O)N1CCOCC1. The van der Waals surface area contributed by atoms with E-state index >= 15 is 0 Å². The summed E-state index contributed by atoms with van der Waals surface area (Å²) in [5, 5.41) is 5.46. The van der Waals surface area contributed by atoms with Crippen LogP contribution in [0.3, 0.4) is 0 Å². The van der Waals surface area contributed by atoms with Gasteiger partial charge in [-0.3, -0.25) is 14.4 Å². The molecule has 0 spiro atoms. The lowest BCUT2D eigenvalue weighted by Crippen LogP contribution is -2.51. The summed E-state index contributed by atoms with van der Waals surface area (Å²) in [4.78, 5) is 39.4. The Morgan fingerprint density at radius 3 is 2.50 bits per heavy atom. The van der Waals surface area contributed by atoms with Crippen molar-refractivity contribution < 1.29 is 23.5 Å². The maximum absolute atomic E-state index is 12.8. The lowest BCUT2D eigenvalue weighted by molar-refractivity contribution is -0.137. The summed E-state index contributed by atoms with van der Waals surface area (Å²) in [6.07, 6.45) is 1.86. The number of carbonyl (C=O) groups is 3. The molecule has 8 nitrogen and oxygen atoms in total. The number of anilines is 1. The molecule has 3 rings (SSSR count). The highest BCUT2D eigenvalue weighted by atomic mass is 16.5. The van der Waals surface area contributed by atoms with Crippen LogP contribution >= 0.6 is 0 Å². The predicted molar refractivity (Wildman–Crippen MR) is 102 cm³/mol. The first kappa shape index (κ1) is 19.6. The molecule has 1 saturated heterocycles. The molecule has 0 saturated carbocycles. The van der Waals surface area contributed by atoms with Crippen molar-refractivity contribution in [3.8, 4) is 0 Å².